The molecule has 1 unspecified atom stereocenters. The summed E-state index contributed by atoms with van der Waals surface area (Å²) in [6.07, 6.45) is 8.73. The second kappa shape index (κ2) is 8.10. The number of ether oxygens (including phenoxy) is 2. The van der Waals surface area contributed by atoms with Crippen molar-refractivity contribution in [3.05, 3.63) is 35.9 Å². The summed E-state index contributed by atoms with van der Waals surface area (Å²) in [6, 6.07) is 10.4. The normalized spacial score (nSPS) is 26.3. The van der Waals surface area contributed by atoms with Gasteiger partial charge in [0.2, 0.25) is 5.91 Å². The largest absolute Gasteiger partial charge is 0.375 e. The summed E-state index contributed by atoms with van der Waals surface area (Å²) in [5.41, 5.74) is 1.15. The topological polar surface area (TPSA) is 38.8 Å². The zero-order valence-electron chi connectivity index (χ0n) is 15.7. The maximum atomic E-state index is 12.7. The number of benzene rings is 1. The molecule has 0 N–H and O–H groups in total. The Morgan fingerprint density at radius 2 is 1.85 bits per heavy atom. The van der Waals surface area contributed by atoms with Crippen molar-refractivity contribution in [2.45, 2.75) is 69.7 Å². The smallest absolute Gasteiger partial charge is 0.225 e. The van der Waals surface area contributed by atoms with E-state index in [0.717, 1.165) is 58.2 Å². The van der Waals surface area contributed by atoms with Crippen molar-refractivity contribution in [3.63, 3.8) is 0 Å². The maximum Gasteiger partial charge on any atom is 0.225 e. The zero-order chi connectivity index (χ0) is 17.8. The van der Waals surface area contributed by atoms with Crippen LogP contribution in [-0.4, -0.2) is 42.2 Å². The van der Waals surface area contributed by atoms with E-state index in [4.69, 9.17) is 9.47 Å². The van der Waals surface area contributed by atoms with Gasteiger partial charge in [0.05, 0.1) is 18.3 Å². The molecule has 1 aromatic rings. The summed E-state index contributed by atoms with van der Waals surface area (Å²) in [4.78, 5) is 14.8. The first-order valence-electron chi connectivity index (χ1n) is 10.3. The Morgan fingerprint density at radius 1 is 1.12 bits per heavy atom. The van der Waals surface area contributed by atoms with E-state index in [1.165, 1.54) is 18.4 Å². The average molecular weight is 357 g/mol. The molecule has 4 heteroatoms. The molecule has 1 spiro atoms. The van der Waals surface area contributed by atoms with Crippen LogP contribution in [0.15, 0.2) is 30.3 Å². The first kappa shape index (κ1) is 18.0. The number of amides is 1. The Bertz CT molecular complexity index is 589. The van der Waals surface area contributed by atoms with E-state index in [0.29, 0.717) is 18.4 Å². The molecule has 2 heterocycles. The molecule has 2 saturated heterocycles. The predicted octanol–water partition coefficient (Wildman–Crippen LogP) is 3.93. The van der Waals surface area contributed by atoms with Crippen molar-refractivity contribution >= 4 is 5.91 Å². The highest BCUT2D eigenvalue weighted by atomic mass is 16.5. The van der Waals surface area contributed by atoms with Crippen LogP contribution >= 0.6 is 0 Å². The lowest BCUT2D eigenvalue weighted by Crippen LogP contribution is -2.52. The predicted molar refractivity (Wildman–Crippen MR) is 101 cm³/mol. The van der Waals surface area contributed by atoms with E-state index in [9.17, 15) is 4.79 Å². The molecule has 4 rings (SSSR count). The lowest BCUT2D eigenvalue weighted by atomic mass is 9.83. The molecular formula is C22H31NO3. The van der Waals surface area contributed by atoms with Crippen LogP contribution in [0, 0.1) is 5.92 Å². The molecule has 1 saturated carbocycles. The molecule has 0 bridgehead atoms. The average Bonchev–Trinajstić information content (AvgIpc) is 3.22. The van der Waals surface area contributed by atoms with E-state index < -0.39 is 0 Å². The molecule has 3 aliphatic rings. The van der Waals surface area contributed by atoms with Crippen molar-refractivity contribution in [2.75, 3.05) is 19.7 Å². The Kier molecular flexibility index (Phi) is 5.60. The number of piperidine rings is 1. The highest BCUT2D eigenvalue weighted by Gasteiger charge is 2.42. The van der Waals surface area contributed by atoms with Gasteiger partial charge in [-0.1, -0.05) is 43.2 Å². The second-order valence-corrected chi connectivity index (χ2v) is 8.25. The van der Waals surface area contributed by atoms with E-state index in [2.05, 4.69) is 29.2 Å². The van der Waals surface area contributed by atoms with Crippen LogP contribution in [0.25, 0.3) is 0 Å². The van der Waals surface area contributed by atoms with Gasteiger partial charge in [-0.25, -0.2) is 0 Å². The Balaban J connectivity index is 1.28. The van der Waals surface area contributed by atoms with Gasteiger partial charge in [0.15, 0.2) is 0 Å². The van der Waals surface area contributed by atoms with Crippen LogP contribution in [0.5, 0.6) is 0 Å². The molecule has 3 fully saturated rings. The Labute approximate surface area is 156 Å². The van der Waals surface area contributed by atoms with Crippen molar-refractivity contribution in [1.29, 1.82) is 0 Å². The molecule has 1 aromatic carbocycles. The van der Waals surface area contributed by atoms with E-state index in [-0.39, 0.29) is 11.7 Å². The van der Waals surface area contributed by atoms with E-state index in [1.807, 2.05) is 6.07 Å². The fourth-order valence-electron chi connectivity index (χ4n) is 4.83. The molecule has 1 atom stereocenters. The van der Waals surface area contributed by atoms with Crippen molar-refractivity contribution < 1.29 is 14.3 Å². The van der Waals surface area contributed by atoms with Gasteiger partial charge in [-0.3, -0.25) is 4.79 Å². The lowest BCUT2D eigenvalue weighted by Gasteiger charge is -2.46. The first-order valence-corrected chi connectivity index (χ1v) is 10.3. The SMILES string of the molecule is O=C(C1CCCC1)N1CCC2(CC1)CC(OCc1ccccc1)CCO2. The minimum absolute atomic E-state index is 0.0773. The van der Waals surface area contributed by atoms with E-state index in [1.54, 1.807) is 0 Å². The van der Waals surface area contributed by atoms with Gasteiger partial charge in [0, 0.05) is 32.0 Å². The molecule has 142 valence electrons. The molecule has 1 aliphatic carbocycles. The number of hydrogen-bond donors (Lipinski definition) is 0. The summed E-state index contributed by atoms with van der Waals surface area (Å²) in [6.45, 7) is 3.14. The number of likely N-dealkylation sites (tertiary alicyclic amines) is 1. The molecule has 0 aromatic heterocycles. The molecule has 2 aliphatic heterocycles. The van der Waals surface area contributed by atoms with Gasteiger partial charge < -0.3 is 14.4 Å². The standard InChI is InChI=1S/C22H31NO3/c24-21(19-8-4-5-9-19)23-13-11-22(12-14-23)16-20(10-15-26-22)25-17-18-6-2-1-3-7-18/h1-3,6-7,19-20H,4-5,8-17H2. The summed E-state index contributed by atoms with van der Waals surface area (Å²) in [7, 11) is 0. The number of carbonyl (C=O) groups is 1. The number of carbonyl (C=O) groups excluding carboxylic acids is 1. The number of nitrogens with zero attached hydrogens (tertiary/aromatic N) is 1. The summed E-state index contributed by atoms with van der Waals surface area (Å²) in [5.74, 6) is 0.684. The highest BCUT2D eigenvalue weighted by molar-refractivity contribution is 5.79. The van der Waals surface area contributed by atoms with Gasteiger partial charge in [0.25, 0.3) is 0 Å². The van der Waals surface area contributed by atoms with Crippen LogP contribution in [0.3, 0.4) is 0 Å². The quantitative estimate of drug-likeness (QED) is 0.819. The van der Waals surface area contributed by atoms with Crippen molar-refractivity contribution in [3.8, 4) is 0 Å². The molecule has 26 heavy (non-hydrogen) atoms. The molecular weight excluding hydrogens is 326 g/mol. The van der Waals surface area contributed by atoms with Gasteiger partial charge >= 0.3 is 0 Å². The Hall–Kier alpha value is -1.39. The molecule has 1 amide bonds. The highest BCUT2D eigenvalue weighted by Crippen LogP contribution is 2.37. The minimum Gasteiger partial charge on any atom is -0.375 e. The summed E-state index contributed by atoms with van der Waals surface area (Å²) in [5, 5.41) is 0. The third-order valence-corrected chi connectivity index (χ3v) is 6.47. The van der Waals surface area contributed by atoms with Gasteiger partial charge in [-0.05, 0) is 37.7 Å². The van der Waals surface area contributed by atoms with Crippen LogP contribution in [0.1, 0.15) is 56.9 Å². The fraction of sp³-hybridized carbons (Fsp3) is 0.682. The van der Waals surface area contributed by atoms with Crippen LogP contribution < -0.4 is 0 Å². The Morgan fingerprint density at radius 3 is 2.58 bits per heavy atom. The maximum absolute atomic E-state index is 12.7. The lowest BCUT2D eigenvalue weighted by molar-refractivity contribution is -0.164. The van der Waals surface area contributed by atoms with Crippen molar-refractivity contribution in [2.24, 2.45) is 5.92 Å². The summed E-state index contributed by atoms with van der Waals surface area (Å²) < 4.78 is 12.4. The molecule has 4 nitrogen and oxygen atoms in total. The minimum atomic E-state index is -0.0773. The summed E-state index contributed by atoms with van der Waals surface area (Å²) >= 11 is 0. The van der Waals surface area contributed by atoms with Gasteiger partial charge in [-0.15, -0.1) is 0 Å². The van der Waals surface area contributed by atoms with Crippen LogP contribution in [0.2, 0.25) is 0 Å². The first-order chi connectivity index (χ1) is 12.7. The third-order valence-electron chi connectivity index (χ3n) is 6.47. The zero-order valence-corrected chi connectivity index (χ0v) is 15.7. The second-order valence-electron chi connectivity index (χ2n) is 8.25. The van der Waals surface area contributed by atoms with Crippen LogP contribution in [-0.2, 0) is 20.9 Å². The van der Waals surface area contributed by atoms with Crippen LogP contribution in [0.4, 0.5) is 0 Å². The fourth-order valence-corrected chi connectivity index (χ4v) is 4.83. The van der Waals surface area contributed by atoms with Gasteiger partial charge in [0.1, 0.15) is 0 Å². The van der Waals surface area contributed by atoms with Gasteiger partial charge in [-0.2, -0.15) is 0 Å². The number of hydrogen-bond acceptors (Lipinski definition) is 3. The molecule has 0 radical (unpaired) electrons. The van der Waals surface area contributed by atoms with E-state index >= 15 is 0 Å². The number of rotatable bonds is 4. The monoisotopic (exact) mass is 357 g/mol. The van der Waals surface area contributed by atoms with Crippen molar-refractivity contribution in [1.82, 2.24) is 4.90 Å². The third kappa shape index (κ3) is 4.12.